The minimum Gasteiger partial charge on any atom is -0.497 e. The van der Waals surface area contributed by atoms with Crippen molar-refractivity contribution in [2.75, 3.05) is 14.2 Å². The highest BCUT2D eigenvalue weighted by molar-refractivity contribution is 5.76. The number of aryl methyl sites for hydroxylation is 2. The number of nitrogens with one attached hydrogen (secondary N) is 1. The third-order valence-electron chi connectivity index (χ3n) is 4.55. The fraction of sp³-hybridized carbons (Fsp3) is 0.368. The molecular formula is C19H23N5O3. The fourth-order valence-corrected chi connectivity index (χ4v) is 3.06. The van der Waals surface area contributed by atoms with Gasteiger partial charge < -0.3 is 14.8 Å². The Kier molecular flexibility index (Phi) is 5.54. The van der Waals surface area contributed by atoms with Crippen molar-refractivity contribution in [1.29, 1.82) is 0 Å². The first-order chi connectivity index (χ1) is 13.0. The van der Waals surface area contributed by atoms with E-state index in [9.17, 15) is 4.79 Å². The van der Waals surface area contributed by atoms with Crippen LogP contribution < -0.4 is 14.8 Å². The van der Waals surface area contributed by atoms with E-state index in [1.54, 1.807) is 18.7 Å². The minimum absolute atomic E-state index is 0.0441. The van der Waals surface area contributed by atoms with Gasteiger partial charge in [0.1, 0.15) is 17.8 Å². The molecule has 142 valence electrons. The number of carbonyl (C=O) groups excluding carboxylic acids is 1. The Labute approximate surface area is 157 Å². The standard InChI is InChI=1S/C19H23N5O3/c1-12-16(13(2)24-19(23-12)21-11-22-24)6-8-18(25)20-10-14-9-15(26-3)5-7-17(14)27-4/h5,7,9,11H,6,8,10H2,1-4H3,(H,20,25). The molecule has 0 spiro atoms. The lowest BCUT2D eigenvalue weighted by Crippen LogP contribution is -2.23. The van der Waals surface area contributed by atoms with Gasteiger partial charge in [0.2, 0.25) is 5.91 Å². The monoisotopic (exact) mass is 369 g/mol. The zero-order valence-corrected chi connectivity index (χ0v) is 15.9. The average molecular weight is 369 g/mol. The molecule has 0 aliphatic carbocycles. The first-order valence-corrected chi connectivity index (χ1v) is 8.67. The number of hydrogen-bond acceptors (Lipinski definition) is 6. The van der Waals surface area contributed by atoms with Gasteiger partial charge in [0.15, 0.2) is 0 Å². The molecular weight excluding hydrogens is 346 g/mol. The number of benzene rings is 1. The smallest absolute Gasteiger partial charge is 0.252 e. The molecule has 2 aromatic heterocycles. The van der Waals surface area contributed by atoms with Crippen molar-refractivity contribution < 1.29 is 14.3 Å². The molecule has 0 bridgehead atoms. The molecule has 3 aromatic rings. The van der Waals surface area contributed by atoms with Crippen LogP contribution in [0.1, 0.15) is 28.9 Å². The molecule has 27 heavy (non-hydrogen) atoms. The van der Waals surface area contributed by atoms with Gasteiger partial charge in [-0.15, -0.1) is 0 Å². The summed E-state index contributed by atoms with van der Waals surface area (Å²) in [4.78, 5) is 20.9. The maximum atomic E-state index is 12.3. The number of amides is 1. The van der Waals surface area contributed by atoms with E-state index in [4.69, 9.17) is 9.47 Å². The Morgan fingerprint density at radius 3 is 2.78 bits per heavy atom. The van der Waals surface area contributed by atoms with Crippen LogP contribution in [0.2, 0.25) is 0 Å². The molecule has 8 nitrogen and oxygen atoms in total. The van der Waals surface area contributed by atoms with Crippen molar-refractivity contribution in [2.45, 2.75) is 33.2 Å². The lowest BCUT2D eigenvalue weighted by Gasteiger charge is -2.12. The van der Waals surface area contributed by atoms with Crippen molar-refractivity contribution in [3.05, 3.63) is 47.0 Å². The van der Waals surface area contributed by atoms with Crippen LogP contribution in [-0.4, -0.2) is 39.7 Å². The summed E-state index contributed by atoms with van der Waals surface area (Å²) < 4.78 is 12.3. The molecule has 1 aromatic carbocycles. The summed E-state index contributed by atoms with van der Waals surface area (Å²) in [6.07, 6.45) is 2.42. The molecule has 0 atom stereocenters. The molecule has 0 aliphatic heterocycles. The highest BCUT2D eigenvalue weighted by atomic mass is 16.5. The van der Waals surface area contributed by atoms with Gasteiger partial charge >= 0.3 is 0 Å². The molecule has 8 heteroatoms. The summed E-state index contributed by atoms with van der Waals surface area (Å²) in [6.45, 7) is 4.26. The normalized spacial score (nSPS) is 10.8. The molecule has 0 aliphatic rings. The van der Waals surface area contributed by atoms with E-state index in [2.05, 4.69) is 20.4 Å². The Bertz CT molecular complexity index is 967. The Morgan fingerprint density at radius 1 is 1.22 bits per heavy atom. The fourth-order valence-electron chi connectivity index (χ4n) is 3.06. The molecule has 1 amide bonds. The zero-order valence-electron chi connectivity index (χ0n) is 15.9. The molecule has 0 radical (unpaired) electrons. The summed E-state index contributed by atoms with van der Waals surface area (Å²) in [5.74, 6) is 1.96. The second-order valence-corrected chi connectivity index (χ2v) is 6.19. The van der Waals surface area contributed by atoms with E-state index >= 15 is 0 Å². The highest BCUT2D eigenvalue weighted by Crippen LogP contribution is 2.23. The summed E-state index contributed by atoms with van der Waals surface area (Å²) in [5, 5.41) is 7.11. The Morgan fingerprint density at radius 2 is 2.04 bits per heavy atom. The van der Waals surface area contributed by atoms with Crippen LogP contribution in [-0.2, 0) is 17.8 Å². The SMILES string of the molecule is COc1ccc(OC)c(CNC(=O)CCc2c(C)nc3ncnn3c2C)c1. The number of fused-ring (bicyclic) bond motifs is 1. The largest absolute Gasteiger partial charge is 0.497 e. The summed E-state index contributed by atoms with van der Waals surface area (Å²) in [7, 11) is 3.21. The van der Waals surface area contributed by atoms with Gasteiger partial charge in [0.25, 0.3) is 5.78 Å². The van der Waals surface area contributed by atoms with Crippen molar-refractivity contribution in [3.63, 3.8) is 0 Å². The van der Waals surface area contributed by atoms with Gasteiger partial charge in [0, 0.05) is 29.9 Å². The zero-order chi connectivity index (χ0) is 19.4. The molecule has 2 heterocycles. The predicted octanol–water partition coefficient (Wildman–Crippen LogP) is 2.01. The van der Waals surface area contributed by atoms with Crippen molar-refractivity contribution in [3.8, 4) is 11.5 Å². The van der Waals surface area contributed by atoms with E-state index in [1.165, 1.54) is 6.33 Å². The Balaban J connectivity index is 1.64. The van der Waals surface area contributed by atoms with E-state index in [0.717, 1.165) is 28.3 Å². The van der Waals surface area contributed by atoms with Crippen LogP contribution in [0.15, 0.2) is 24.5 Å². The summed E-state index contributed by atoms with van der Waals surface area (Å²) in [6, 6.07) is 5.50. The first kappa shape index (κ1) is 18.6. The lowest BCUT2D eigenvalue weighted by molar-refractivity contribution is -0.121. The Hall–Kier alpha value is -3.16. The van der Waals surface area contributed by atoms with Gasteiger partial charge in [-0.3, -0.25) is 4.79 Å². The van der Waals surface area contributed by atoms with Crippen LogP contribution in [0, 0.1) is 13.8 Å². The molecule has 0 fully saturated rings. The number of carbonyl (C=O) groups is 1. The van der Waals surface area contributed by atoms with Gasteiger partial charge in [0.05, 0.1) is 14.2 Å². The minimum atomic E-state index is -0.0441. The van der Waals surface area contributed by atoms with E-state index < -0.39 is 0 Å². The number of hydrogen-bond donors (Lipinski definition) is 1. The molecule has 0 saturated carbocycles. The molecule has 0 unspecified atom stereocenters. The van der Waals surface area contributed by atoms with Crippen LogP contribution in [0.4, 0.5) is 0 Å². The number of aromatic nitrogens is 4. The van der Waals surface area contributed by atoms with Crippen molar-refractivity contribution in [1.82, 2.24) is 24.9 Å². The summed E-state index contributed by atoms with van der Waals surface area (Å²) >= 11 is 0. The van der Waals surface area contributed by atoms with Crippen LogP contribution in [0.25, 0.3) is 5.78 Å². The topological polar surface area (TPSA) is 90.6 Å². The first-order valence-electron chi connectivity index (χ1n) is 8.67. The quantitative estimate of drug-likeness (QED) is 0.685. The maximum Gasteiger partial charge on any atom is 0.252 e. The molecule has 0 saturated heterocycles. The van der Waals surface area contributed by atoms with Crippen molar-refractivity contribution >= 4 is 11.7 Å². The highest BCUT2D eigenvalue weighted by Gasteiger charge is 2.13. The van der Waals surface area contributed by atoms with E-state index in [-0.39, 0.29) is 5.91 Å². The van der Waals surface area contributed by atoms with Crippen LogP contribution in [0.5, 0.6) is 11.5 Å². The predicted molar refractivity (Wildman–Crippen MR) is 100.0 cm³/mol. The molecule has 1 N–H and O–H groups in total. The average Bonchev–Trinajstić information content (AvgIpc) is 3.14. The number of nitrogens with zero attached hydrogens (tertiary/aromatic N) is 4. The maximum absolute atomic E-state index is 12.3. The molecule has 3 rings (SSSR count). The van der Waals surface area contributed by atoms with E-state index in [0.29, 0.717) is 30.9 Å². The van der Waals surface area contributed by atoms with E-state index in [1.807, 2.05) is 32.0 Å². The summed E-state index contributed by atoms with van der Waals surface area (Å²) in [5.41, 5.74) is 3.71. The van der Waals surface area contributed by atoms with Gasteiger partial charge in [-0.2, -0.15) is 10.1 Å². The lowest BCUT2D eigenvalue weighted by atomic mass is 10.1. The van der Waals surface area contributed by atoms with Gasteiger partial charge in [-0.05, 0) is 44.0 Å². The van der Waals surface area contributed by atoms with Crippen LogP contribution in [0.3, 0.4) is 0 Å². The van der Waals surface area contributed by atoms with Gasteiger partial charge in [-0.1, -0.05) is 0 Å². The second kappa shape index (κ2) is 8.03. The van der Waals surface area contributed by atoms with Crippen molar-refractivity contribution in [2.24, 2.45) is 0 Å². The van der Waals surface area contributed by atoms with Gasteiger partial charge in [-0.25, -0.2) is 9.50 Å². The number of rotatable bonds is 7. The second-order valence-electron chi connectivity index (χ2n) is 6.19. The third kappa shape index (κ3) is 3.99. The third-order valence-corrected chi connectivity index (χ3v) is 4.55. The van der Waals surface area contributed by atoms with Crippen LogP contribution >= 0.6 is 0 Å². The number of methoxy groups -OCH3 is 2. The number of ether oxygens (including phenoxy) is 2.